The summed E-state index contributed by atoms with van der Waals surface area (Å²) in [5.41, 5.74) is 9.30. The molecule has 0 radical (unpaired) electrons. The zero-order valence-electron chi connectivity index (χ0n) is 29.5. The highest BCUT2D eigenvalue weighted by atomic mass is 79.9. The number of anilines is 2. The molecular formula is C44H46Br2N4O2. The van der Waals surface area contributed by atoms with Gasteiger partial charge in [0, 0.05) is 60.7 Å². The van der Waals surface area contributed by atoms with Gasteiger partial charge in [-0.25, -0.2) is 0 Å². The number of nitrogens with zero attached hydrogens (tertiary/aromatic N) is 4. The lowest BCUT2D eigenvalue weighted by atomic mass is 9.52. The van der Waals surface area contributed by atoms with Crippen LogP contribution in [0.4, 0.5) is 11.4 Å². The van der Waals surface area contributed by atoms with Crippen molar-refractivity contribution < 1.29 is 52.4 Å². The van der Waals surface area contributed by atoms with Gasteiger partial charge in [-0.05, 0) is 46.2 Å². The van der Waals surface area contributed by atoms with Crippen LogP contribution in [0.1, 0.15) is 36.8 Å². The first-order valence-corrected chi connectivity index (χ1v) is 19.6. The Hall–Kier alpha value is -2.56. The van der Waals surface area contributed by atoms with Crippen molar-refractivity contribution in [3.8, 4) is 24.7 Å². The smallest absolute Gasteiger partial charge is 0.141 e. The van der Waals surface area contributed by atoms with E-state index in [9.17, 15) is 0 Å². The van der Waals surface area contributed by atoms with Crippen molar-refractivity contribution >= 4 is 11.4 Å². The number of hydrogen-bond donors (Lipinski definition) is 0. The minimum atomic E-state index is -0.00209. The summed E-state index contributed by atoms with van der Waals surface area (Å²) in [5.74, 6) is 8.03. The van der Waals surface area contributed by atoms with Crippen LogP contribution in [0.25, 0.3) is 0 Å². The second-order valence-electron chi connectivity index (χ2n) is 18.1. The molecule has 4 unspecified atom stereocenters. The highest BCUT2D eigenvalue weighted by Gasteiger charge is 2.80. The SMILES string of the molecule is C#CC[N+]12CCC34c5ccccc5N5[C@@H]6OCC=C7C[N+]8(CC#C)CCC9%10c%11ccccc%11N([C@@H]%11OCC=C(C1)[C@H](C[C@@H]32)[C@@H]%11[C@H]54)[C@H]9[C@H]6[C@H]7C[C@@H]%108.[Br-].[Br-]. The van der Waals surface area contributed by atoms with E-state index in [1.165, 1.54) is 37.1 Å². The quantitative estimate of drug-likeness (QED) is 0.211. The molecule has 5 saturated heterocycles. The third kappa shape index (κ3) is 3.32. The molecule has 0 aromatic heterocycles. The molecule has 4 bridgehead atoms. The second kappa shape index (κ2) is 10.6. The van der Waals surface area contributed by atoms with Gasteiger partial charge in [0.1, 0.15) is 50.7 Å². The lowest BCUT2D eigenvalue weighted by Gasteiger charge is -2.65. The van der Waals surface area contributed by atoms with E-state index in [1.807, 2.05) is 0 Å². The van der Waals surface area contributed by atoms with Crippen LogP contribution in [0.5, 0.6) is 0 Å². The second-order valence-corrected chi connectivity index (χ2v) is 18.1. The number of fused-ring (bicyclic) bond motifs is 6. The van der Waals surface area contributed by atoms with Crippen molar-refractivity contribution in [1.29, 1.82) is 0 Å². The summed E-state index contributed by atoms with van der Waals surface area (Å²) in [7, 11) is 0. The van der Waals surface area contributed by atoms with Gasteiger partial charge in [0.15, 0.2) is 0 Å². The normalized spacial score (nSPS) is 47.7. The van der Waals surface area contributed by atoms with E-state index in [0.717, 1.165) is 48.2 Å². The Morgan fingerprint density at radius 3 is 1.56 bits per heavy atom. The summed E-state index contributed by atoms with van der Waals surface area (Å²) in [6.07, 6.45) is 22.3. The third-order valence-electron chi connectivity index (χ3n) is 17.3. The first kappa shape index (κ1) is 32.8. The van der Waals surface area contributed by atoms with Crippen LogP contribution >= 0.6 is 0 Å². The number of piperidine rings is 2. The van der Waals surface area contributed by atoms with Crippen LogP contribution < -0.4 is 43.8 Å². The average Bonchev–Trinajstić information content (AvgIpc) is 3.75. The molecule has 9 heterocycles. The van der Waals surface area contributed by atoms with Crippen LogP contribution in [0.2, 0.25) is 0 Å². The van der Waals surface area contributed by atoms with Gasteiger partial charge in [0.25, 0.3) is 0 Å². The van der Waals surface area contributed by atoms with Crippen molar-refractivity contribution in [2.75, 3.05) is 62.3 Å². The number of para-hydroxylation sites is 2. The average molecular weight is 823 g/mol. The summed E-state index contributed by atoms with van der Waals surface area (Å²) >= 11 is 0. The molecule has 2 spiro atoms. The van der Waals surface area contributed by atoms with Gasteiger partial charge in [-0.2, -0.15) is 0 Å². The van der Waals surface area contributed by atoms with Crippen LogP contribution in [0, 0.1) is 48.4 Å². The number of benzene rings is 2. The third-order valence-corrected chi connectivity index (χ3v) is 17.3. The largest absolute Gasteiger partial charge is 1.00 e. The van der Waals surface area contributed by atoms with Crippen LogP contribution in [-0.2, 0) is 20.3 Å². The summed E-state index contributed by atoms with van der Waals surface area (Å²) < 4.78 is 17.1. The molecule has 2 aliphatic carbocycles. The van der Waals surface area contributed by atoms with E-state index in [1.54, 1.807) is 22.3 Å². The zero-order valence-corrected chi connectivity index (χ0v) is 32.7. The van der Waals surface area contributed by atoms with E-state index in [2.05, 4.69) is 82.3 Å². The molecule has 14 atom stereocenters. The fourth-order valence-corrected chi connectivity index (χ4v) is 16.2. The predicted octanol–water partition coefficient (Wildman–Crippen LogP) is -1.43. The number of halogens is 2. The fourth-order valence-electron chi connectivity index (χ4n) is 16.2. The van der Waals surface area contributed by atoms with Crippen molar-refractivity contribution in [2.24, 2.45) is 23.7 Å². The molecule has 8 heteroatoms. The fraction of sp³-hybridized carbons (Fsp3) is 0.545. The molecule has 268 valence electrons. The van der Waals surface area contributed by atoms with E-state index in [0.29, 0.717) is 61.1 Å². The standard InChI is InChI=1S/C44H46N4O2.2BrH/c1-3-17-47-19-15-43-31-9-5-7-11-33(31)45-39(43)37-29(23-35(43)47)27(25-47)13-21-49-41(37)46-34-12-8-6-10-32(34)44-16-20-48(18-4-2)26-28-14-22-50-42(45)38(40(44)46)30(28)24-36(44)48;;/h1-2,5-14,29-30,35-42H,15-26H2;2*1H/q+2;;/p-2/t29-,30-,35-,36-,37+,38+,39-,40-,41+,42+,43?,44?,47?,48?;;/m0../s1. The summed E-state index contributed by atoms with van der Waals surface area (Å²) in [6, 6.07) is 20.8. The van der Waals surface area contributed by atoms with Gasteiger partial charge < -0.3 is 62.2 Å². The van der Waals surface area contributed by atoms with Crippen LogP contribution in [-0.4, -0.2) is 98.1 Å². The Morgan fingerprint density at radius 1 is 0.673 bits per heavy atom. The van der Waals surface area contributed by atoms with Gasteiger partial charge in [-0.3, -0.25) is 0 Å². The monoisotopic (exact) mass is 820 g/mol. The number of rotatable bonds is 2. The Bertz CT molecular complexity index is 1930. The van der Waals surface area contributed by atoms with Crippen molar-refractivity contribution in [2.45, 2.75) is 73.1 Å². The lowest BCUT2D eigenvalue weighted by molar-refractivity contribution is -0.936. The summed E-state index contributed by atoms with van der Waals surface area (Å²) in [4.78, 5) is 5.87. The summed E-state index contributed by atoms with van der Waals surface area (Å²) in [5, 5.41) is 0. The Kier molecular flexibility index (Phi) is 6.69. The molecule has 2 aromatic carbocycles. The van der Waals surface area contributed by atoms with E-state index < -0.39 is 0 Å². The van der Waals surface area contributed by atoms with Gasteiger partial charge in [-0.15, -0.1) is 12.8 Å². The maximum absolute atomic E-state index is 7.48. The minimum Gasteiger partial charge on any atom is -1.00 e. The number of terminal acetylenes is 2. The highest BCUT2D eigenvalue weighted by Crippen LogP contribution is 2.72. The number of quaternary nitrogens is 2. The maximum Gasteiger partial charge on any atom is 0.141 e. The molecular weight excluding hydrogens is 776 g/mol. The first-order chi connectivity index (χ1) is 24.6. The minimum absolute atomic E-state index is 0. The Balaban J connectivity index is 0.00000160. The molecule has 2 saturated carbocycles. The highest BCUT2D eigenvalue weighted by molar-refractivity contribution is 5.72. The van der Waals surface area contributed by atoms with Gasteiger partial charge in [0.05, 0.1) is 49.2 Å². The molecule has 52 heavy (non-hydrogen) atoms. The Labute approximate surface area is 328 Å². The molecule has 6 nitrogen and oxygen atoms in total. The molecule has 13 rings (SSSR count). The van der Waals surface area contributed by atoms with Gasteiger partial charge in [0.2, 0.25) is 0 Å². The predicted molar refractivity (Wildman–Crippen MR) is 192 cm³/mol. The molecule has 2 aromatic rings. The van der Waals surface area contributed by atoms with Gasteiger partial charge in [-0.1, -0.05) is 48.6 Å². The maximum atomic E-state index is 7.48. The molecule has 9 aliphatic heterocycles. The lowest BCUT2D eigenvalue weighted by Crippen LogP contribution is -3.00. The van der Waals surface area contributed by atoms with Crippen LogP contribution in [0.3, 0.4) is 0 Å². The topological polar surface area (TPSA) is 24.9 Å². The van der Waals surface area contributed by atoms with Crippen molar-refractivity contribution in [1.82, 2.24) is 0 Å². The molecule has 7 fully saturated rings. The van der Waals surface area contributed by atoms with E-state index in [-0.39, 0.29) is 57.2 Å². The van der Waals surface area contributed by atoms with Crippen LogP contribution in [0.15, 0.2) is 71.8 Å². The zero-order chi connectivity index (χ0) is 32.8. The van der Waals surface area contributed by atoms with Crippen molar-refractivity contribution in [3.05, 3.63) is 83.0 Å². The molecule has 0 amide bonds. The first-order valence-electron chi connectivity index (χ1n) is 19.6. The molecule has 0 N–H and O–H groups in total. The van der Waals surface area contributed by atoms with E-state index in [4.69, 9.17) is 22.3 Å². The Morgan fingerprint density at radius 2 is 1.12 bits per heavy atom. The van der Waals surface area contributed by atoms with Crippen molar-refractivity contribution in [3.63, 3.8) is 0 Å². The summed E-state index contributed by atoms with van der Waals surface area (Å²) in [6.45, 7) is 7.49. The van der Waals surface area contributed by atoms with E-state index >= 15 is 0 Å². The number of hydrogen-bond acceptors (Lipinski definition) is 4. The number of ether oxygens (including phenoxy) is 2. The molecule has 11 aliphatic rings. The van der Waals surface area contributed by atoms with Gasteiger partial charge >= 0.3 is 0 Å².